The zero-order valence-electron chi connectivity index (χ0n) is 7.86. The van der Waals surface area contributed by atoms with E-state index in [4.69, 9.17) is 0 Å². The molecule has 0 bridgehead atoms. The Morgan fingerprint density at radius 3 is 2.27 bits per heavy atom. The van der Waals surface area contributed by atoms with Crippen molar-refractivity contribution in [3.63, 3.8) is 0 Å². The van der Waals surface area contributed by atoms with Crippen LogP contribution in [0.15, 0.2) is 12.1 Å². The van der Waals surface area contributed by atoms with E-state index in [1.165, 1.54) is 33.0 Å². The third-order valence-corrected chi connectivity index (χ3v) is 3.31. The van der Waals surface area contributed by atoms with Gasteiger partial charge < -0.3 is 0 Å². The van der Waals surface area contributed by atoms with E-state index in [0.717, 1.165) is 0 Å². The number of aryl methyl sites for hydroxylation is 1. The van der Waals surface area contributed by atoms with Crippen LogP contribution in [0, 0.1) is 20.8 Å². The van der Waals surface area contributed by atoms with Gasteiger partial charge >= 0.3 is 0 Å². The molecule has 1 heteroatoms. The predicted molar refractivity (Wildman–Crippen MR) is 54.3 cm³/mol. The summed E-state index contributed by atoms with van der Waals surface area (Å²) < 4.78 is 0. The van der Waals surface area contributed by atoms with Gasteiger partial charge in [-0.3, -0.25) is 0 Å². The molecule has 0 unspecified atom stereocenters. The molecule has 0 aliphatic carbocycles. The van der Waals surface area contributed by atoms with Crippen LogP contribution >= 0.6 is 0 Å². The Morgan fingerprint density at radius 2 is 1.73 bits per heavy atom. The van der Waals surface area contributed by atoms with Gasteiger partial charge in [0.05, 0.1) is 0 Å². The van der Waals surface area contributed by atoms with Crippen LogP contribution in [-0.2, 0) is 6.04 Å². The summed E-state index contributed by atoms with van der Waals surface area (Å²) in [5, 5.41) is 0. The Balaban J connectivity index is 3.25. The van der Waals surface area contributed by atoms with E-state index >= 15 is 0 Å². The van der Waals surface area contributed by atoms with E-state index in [9.17, 15) is 0 Å². The van der Waals surface area contributed by atoms with Gasteiger partial charge in [-0.05, 0) is 49.1 Å². The number of hydrogen-bond donors (Lipinski definition) is 0. The summed E-state index contributed by atoms with van der Waals surface area (Å²) in [4.78, 5) is 0. The lowest BCUT2D eigenvalue weighted by Crippen LogP contribution is -1.94. The van der Waals surface area contributed by atoms with Gasteiger partial charge in [-0.1, -0.05) is 12.1 Å². The van der Waals surface area contributed by atoms with E-state index in [2.05, 4.69) is 32.9 Å². The lowest BCUT2D eigenvalue weighted by Gasteiger charge is -2.08. The third kappa shape index (κ3) is 1.54. The molecule has 0 saturated heterocycles. The average molecular weight is 164 g/mol. The van der Waals surface area contributed by atoms with Gasteiger partial charge in [-0.25, -0.2) is 0 Å². The van der Waals surface area contributed by atoms with E-state index in [0.29, 0.717) is 0 Å². The fourth-order valence-electron chi connectivity index (χ4n) is 1.40. The average Bonchev–Trinajstić information content (AvgIpc) is 2.01. The van der Waals surface area contributed by atoms with E-state index < -0.39 is 0 Å². The first kappa shape index (κ1) is 8.53. The Kier molecular flexibility index (Phi) is 2.50. The minimum atomic E-state index is 1.27. The van der Waals surface area contributed by atoms with Crippen LogP contribution in [0.4, 0.5) is 0 Å². The molecule has 0 fully saturated rings. The van der Waals surface area contributed by atoms with Crippen LogP contribution in [0.5, 0.6) is 0 Å². The summed E-state index contributed by atoms with van der Waals surface area (Å²) in [7, 11) is 1.27. The Morgan fingerprint density at radius 1 is 1.09 bits per heavy atom. The molecule has 1 aromatic rings. The van der Waals surface area contributed by atoms with Crippen LogP contribution in [0.3, 0.4) is 0 Å². The van der Waals surface area contributed by atoms with Gasteiger partial charge in [0.25, 0.3) is 0 Å². The molecular formula is C10H16Si. The fraction of sp³-hybridized carbons (Fsp3) is 0.400. The predicted octanol–water partition coefficient (Wildman–Crippen LogP) is 1.48. The highest BCUT2D eigenvalue weighted by atomic mass is 28.1. The van der Waals surface area contributed by atoms with Crippen LogP contribution in [0.2, 0.25) is 0 Å². The molecule has 0 aliphatic rings. The summed E-state index contributed by atoms with van der Waals surface area (Å²) >= 11 is 0. The van der Waals surface area contributed by atoms with Crippen LogP contribution in [0.25, 0.3) is 0 Å². The monoisotopic (exact) mass is 164 g/mol. The zero-order valence-corrected chi connectivity index (χ0v) is 9.86. The van der Waals surface area contributed by atoms with Gasteiger partial charge in [0.1, 0.15) is 0 Å². The third-order valence-electron chi connectivity index (χ3n) is 2.55. The molecule has 11 heavy (non-hydrogen) atoms. The van der Waals surface area contributed by atoms with Gasteiger partial charge in [0.2, 0.25) is 0 Å². The molecule has 0 aliphatic heterocycles. The number of rotatable bonds is 1. The maximum atomic E-state index is 2.27. The summed E-state index contributed by atoms with van der Waals surface area (Å²) in [5.74, 6) is 0. The molecule has 0 atom stereocenters. The first-order valence-corrected chi connectivity index (χ1v) is 5.64. The normalized spacial score (nSPS) is 10.5. The smallest absolute Gasteiger partial charge is 0.00834 e. The van der Waals surface area contributed by atoms with Crippen molar-refractivity contribution in [2.75, 3.05) is 0 Å². The Bertz CT molecular complexity index is 264. The molecule has 1 rings (SSSR count). The van der Waals surface area contributed by atoms with Crippen molar-refractivity contribution in [1.29, 1.82) is 0 Å². The first-order chi connectivity index (χ1) is 5.16. The molecule has 60 valence electrons. The standard InChI is InChI=1S/C10H16Si/c1-7-4-5-10(6-11)9(3)8(7)2/h4-5H,6H2,1-3,11H3. The summed E-state index contributed by atoms with van der Waals surface area (Å²) in [6.07, 6.45) is 0. The maximum absolute atomic E-state index is 2.27. The van der Waals surface area contributed by atoms with E-state index in [1.54, 1.807) is 5.56 Å². The fourth-order valence-corrected chi connectivity index (χ4v) is 2.16. The molecular weight excluding hydrogens is 148 g/mol. The number of hydrogen-bond acceptors (Lipinski definition) is 0. The Hall–Kier alpha value is -0.563. The van der Waals surface area contributed by atoms with Crippen molar-refractivity contribution in [1.82, 2.24) is 0 Å². The van der Waals surface area contributed by atoms with Crippen molar-refractivity contribution in [2.24, 2.45) is 0 Å². The highest BCUT2D eigenvalue weighted by Crippen LogP contribution is 2.16. The van der Waals surface area contributed by atoms with Crippen molar-refractivity contribution >= 4 is 10.2 Å². The van der Waals surface area contributed by atoms with Crippen molar-refractivity contribution < 1.29 is 0 Å². The van der Waals surface area contributed by atoms with Gasteiger partial charge in [-0.15, -0.1) is 0 Å². The van der Waals surface area contributed by atoms with Gasteiger partial charge in [0, 0.05) is 10.2 Å². The van der Waals surface area contributed by atoms with Crippen molar-refractivity contribution in [3.05, 3.63) is 34.4 Å². The van der Waals surface area contributed by atoms with Gasteiger partial charge in [0.15, 0.2) is 0 Å². The molecule has 0 aromatic heterocycles. The highest BCUT2D eigenvalue weighted by Gasteiger charge is 2.00. The molecule has 0 amide bonds. The minimum absolute atomic E-state index is 1.27. The first-order valence-electron chi connectivity index (χ1n) is 4.22. The minimum Gasteiger partial charge on any atom is -0.0588 e. The zero-order chi connectivity index (χ0) is 8.43. The topological polar surface area (TPSA) is 0 Å². The summed E-state index contributed by atoms with van der Waals surface area (Å²) in [6, 6.07) is 5.78. The molecule has 0 N–H and O–H groups in total. The van der Waals surface area contributed by atoms with E-state index in [1.807, 2.05) is 0 Å². The second-order valence-electron chi connectivity index (χ2n) is 3.15. The largest absolute Gasteiger partial charge is 0.0588 e. The lowest BCUT2D eigenvalue weighted by atomic mass is 10.00. The second kappa shape index (κ2) is 3.22. The maximum Gasteiger partial charge on any atom is 0.00834 e. The molecule has 0 radical (unpaired) electrons. The summed E-state index contributed by atoms with van der Waals surface area (Å²) in [6.45, 7) is 6.63. The quantitative estimate of drug-likeness (QED) is 0.552. The van der Waals surface area contributed by atoms with Crippen LogP contribution in [-0.4, -0.2) is 10.2 Å². The Labute approximate surface area is 72.1 Å². The van der Waals surface area contributed by atoms with Crippen molar-refractivity contribution in [2.45, 2.75) is 26.8 Å². The van der Waals surface area contributed by atoms with Crippen molar-refractivity contribution in [3.8, 4) is 0 Å². The van der Waals surface area contributed by atoms with Crippen LogP contribution < -0.4 is 0 Å². The SMILES string of the molecule is Cc1ccc(C[SiH3])c(C)c1C. The second-order valence-corrected chi connectivity index (χ2v) is 3.85. The van der Waals surface area contributed by atoms with E-state index in [-0.39, 0.29) is 0 Å². The molecule has 0 saturated carbocycles. The highest BCUT2D eigenvalue weighted by molar-refractivity contribution is 6.08. The molecule has 0 spiro atoms. The number of benzene rings is 1. The molecule has 0 heterocycles. The molecule has 0 nitrogen and oxygen atoms in total. The van der Waals surface area contributed by atoms with Gasteiger partial charge in [-0.2, -0.15) is 0 Å². The lowest BCUT2D eigenvalue weighted by molar-refractivity contribution is 1.20. The molecule has 1 aromatic carbocycles. The van der Waals surface area contributed by atoms with Crippen LogP contribution in [0.1, 0.15) is 22.3 Å². The summed E-state index contributed by atoms with van der Waals surface area (Å²) in [5.41, 5.74) is 5.93.